The van der Waals surface area contributed by atoms with Crippen LogP contribution in [-0.4, -0.2) is 54.8 Å². The van der Waals surface area contributed by atoms with Crippen LogP contribution in [0.5, 0.6) is 0 Å². The molecule has 4 radical (unpaired) electrons. The van der Waals surface area contributed by atoms with Crippen LogP contribution in [0.25, 0.3) is 0 Å². The van der Waals surface area contributed by atoms with Crippen LogP contribution in [0.2, 0.25) is 0 Å². The van der Waals surface area contributed by atoms with Crippen molar-refractivity contribution in [3.8, 4) is 0 Å². The minimum Gasteiger partial charge on any atom is -0.347 e. The number of rotatable bonds is 1. The lowest BCUT2D eigenvalue weighted by Gasteiger charge is -1.96. The minimum atomic E-state index is -0.248. The van der Waals surface area contributed by atoms with Crippen LogP contribution in [0.4, 0.5) is 4.79 Å². The molecule has 0 aliphatic rings. The zero-order valence-corrected chi connectivity index (χ0v) is 8.41. The lowest BCUT2D eigenvalue weighted by Crippen LogP contribution is -2.33. The van der Waals surface area contributed by atoms with Crippen molar-refractivity contribution in [3.05, 3.63) is 0 Å². The van der Waals surface area contributed by atoms with Gasteiger partial charge in [0.2, 0.25) is 6.08 Å². The Morgan fingerprint density at radius 1 is 1.57 bits per heavy atom. The Hall–Kier alpha value is -1.26. The number of amides is 2. The van der Waals surface area contributed by atoms with Crippen LogP contribution in [0.15, 0.2) is 4.99 Å². The summed E-state index contributed by atoms with van der Waals surface area (Å²) in [7, 11) is 12.5. The first kappa shape index (κ1) is 18.5. The van der Waals surface area contributed by atoms with E-state index in [4.69, 9.17) is 12.6 Å². The maximum Gasteiger partial charge on any atom is 0.313 e. The van der Waals surface area contributed by atoms with Gasteiger partial charge in [0.15, 0.2) is 0 Å². The SMILES string of the molecule is CN=C=O.[B]CN.[B]CNC(=O)NC. The van der Waals surface area contributed by atoms with Crippen LogP contribution in [0, 0.1) is 0 Å². The number of nitrogens with two attached hydrogens (primary N) is 1. The molecule has 0 saturated heterocycles. The molecule has 0 aliphatic carbocycles. The van der Waals surface area contributed by atoms with Crippen LogP contribution < -0.4 is 16.4 Å². The normalized spacial score (nSPS) is 6.21. The first-order valence-corrected chi connectivity index (χ1v) is 3.66. The van der Waals surface area contributed by atoms with E-state index in [1.165, 1.54) is 20.2 Å². The number of aliphatic imine (C=N–C) groups is 1. The molecule has 0 rings (SSSR count). The Morgan fingerprint density at radius 3 is 2.00 bits per heavy atom. The van der Waals surface area contributed by atoms with E-state index in [2.05, 4.69) is 29.2 Å². The third kappa shape index (κ3) is 45.3. The summed E-state index contributed by atoms with van der Waals surface area (Å²) in [5, 5.41) is 4.66. The predicted octanol–water partition coefficient (Wildman–Crippen LogP) is -1.94. The minimum absolute atomic E-state index is 0.180. The van der Waals surface area contributed by atoms with Crippen molar-refractivity contribution in [1.29, 1.82) is 0 Å². The van der Waals surface area contributed by atoms with E-state index < -0.39 is 0 Å². The zero-order chi connectivity index (χ0) is 11.8. The van der Waals surface area contributed by atoms with Gasteiger partial charge in [0, 0.05) is 14.1 Å². The largest absolute Gasteiger partial charge is 0.347 e. The van der Waals surface area contributed by atoms with Gasteiger partial charge >= 0.3 is 6.03 Å². The van der Waals surface area contributed by atoms with E-state index in [1.807, 2.05) is 0 Å². The Bertz CT molecular complexity index is 162. The van der Waals surface area contributed by atoms with Gasteiger partial charge in [-0.25, -0.2) is 14.6 Å². The quantitative estimate of drug-likeness (QED) is 0.258. The smallest absolute Gasteiger partial charge is 0.313 e. The van der Waals surface area contributed by atoms with Crippen molar-refractivity contribution in [3.63, 3.8) is 0 Å². The number of carbonyl (C=O) groups excluding carboxylic acids is 2. The molecule has 0 aromatic rings. The van der Waals surface area contributed by atoms with Crippen molar-refractivity contribution < 1.29 is 9.59 Å². The van der Waals surface area contributed by atoms with E-state index in [0.29, 0.717) is 0 Å². The molecule has 0 heterocycles. The van der Waals surface area contributed by atoms with E-state index in [1.54, 1.807) is 0 Å². The molecule has 0 bridgehead atoms. The number of urea groups is 1. The molecule has 6 nitrogen and oxygen atoms in total. The van der Waals surface area contributed by atoms with Gasteiger partial charge in [-0.15, -0.1) is 0 Å². The third-order valence-electron chi connectivity index (χ3n) is 0.581. The number of isocyanates is 1. The molecule has 8 heteroatoms. The van der Waals surface area contributed by atoms with Gasteiger partial charge in [0.05, 0.1) is 15.7 Å². The summed E-state index contributed by atoms with van der Waals surface area (Å²) in [4.78, 5) is 21.9. The van der Waals surface area contributed by atoms with Gasteiger partial charge < -0.3 is 16.4 Å². The van der Waals surface area contributed by atoms with Gasteiger partial charge in [-0.1, -0.05) is 0 Å². The number of nitrogens with one attached hydrogen (secondary N) is 2. The van der Waals surface area contributed by atoms with Gasteiger partial charge in [0.1, 0.15) is 0 Å². The summed E-state index contributed by atoms with van der Waals surface area (Å²) in [6, 6.07) is -0.248. The average Bonchev–Trinajstić information content (AvgIpc) is 2.20. The maximum absolute atomic E-state index is 10.1. The molecule has 0 aromatic carbocycles. The topological polar surface area (TPSA) is 96.6 Å². The fourth-order valence-electron chi connectivity index (χ4n) is 0.181. The van der Waals surface area contributed by atoms with E-state index in [-0.39, 0.29) is 18.9 Å². The van der Waals surface area contributed by atoms with Gasteiger partial charge in [-0.3, -0.25) is 0 Å². The van der Waals surface area contributed by atoms with Gasteiger partial charge in [-0.2, -0.15) is 0 Å². The predicted molar refractivity (Wildman–Crippen MR) is 57.1 cm³/mol. The highest BCUT2D eigenvalue weighted by atomic mass is 16.2. The van der Waals surface area contributed by atoms with Crippen LogP contribution in [0.3, 0.4) is 0 Å². The van der Waals surface area contributed by atoms with Crippen molar-refractivity contribution in [1.82, 2.24) is 10.6 Å². The standard InChI is InChI=1S/C3H7BN2O.C2H3NO.CH4BN/c1-5-3(7)6-2-4;1-3-2-4;2-1-3/h2H2,1H3,(H2,5,6,7);1H3;1,3H2. The van der Waals surface area contributed by atoms with E-state index >= 15 is 0 Å². The molecule has 0 spiro atoms. The molecule has 0 unspecified atom stereocenters. The Morgan fingerprint density at radius 2 is 1.93 bits per heavy atom. The van der Waals surface area contributed by atoms with Gasteiger partial charge in [-0.05, 0) is 12.9 Å². The van der Waals surface area contributed by atoms with Crippen LogP contribution in [-0.2, 0) is 4.79 Å². The molecular weight excluding hydrogens is 182 g/mol. The molecule has 14 heavy (non-hydrogen) atoms. The van der Waals surface area contributed by atoms with Crippen molar-refractivity contribution in [2.75, 3.05) is 27.0 Å². The van der Waals surface area contributed by atoms with Crippen molar-refractivity contribution in [2.45, 2.75) is 0 Å². The second-order valence-electron chi connectivity index (χ2n) is 1.51. The molecule has 0 fully saturated rings. The average molecular weight is 196 g/mol. The van der Waals surface area contributed by atoms with E-state index in [9.17, 15) is 4.79 Å². The molecule has 4 N–H and O–H groups in total. The Balaban J connectivity index is -0.000000147. The fourth-order valence-corrected chi connectivity index (χ4v) is 0.181. The molecule has 0 saturated carbocycles. The van der Waals surface area contributed by atoms with Crippen molar-refractivity contribution in [2.24, 2.45) is 10.7 Å². The highest BCUT2D eigenvalue weighted by Gasteiger charge is 1.86. The summed E-state index contributed by atoms with van der Waals surface area (Å²) in [5.41, 5.74) is 4.62. The number of hydrogen-bond donors (Lipinski definition) is 3. The summed E-state index contributed by atoms with van der Waals surface area (Å²) >= 11 is 0. The molecule has 0 aliphatic heterocycles. The maximum atomic E-state index is 10.1. The summed E-state index contributed by atoms with van der Waals surface area (Å²) < 4.78 is 0. The molecular formula is C6H14B2N4O2. The summed E-state index contributed by atoms with van der Waals surface area (Å²) in [6.07, 6.45) is 1.74. The lowest BCUT2D eigenvalue weighted by atomic mass is 10.2. The highest BCUT2D eigenvalue weighted by molar-refractivity contribution is 6.09. The third-order valence-corrected chi connectivity index (χ3v) is 0.581. The number of hydrogen-bond acceptors (Lipinski definition) is 4. The zero-order valence-electron chi connectivity index (χ0n) is 8.41. The molecule has 2 amide bonds. The summed E-state index contributed by atoms with van der Waals surface area (Å²) in [6.45, 7) is 0. The summed E-state index contributed by atoms with van der Waals surface area (Å²) in [5.74, 6) is 0. The van der Waals surface area contributed by atoms with E-state index in [0.717, 1.165) is 0 Å². The Kier molecular flexibility index (Phi) is 29.9. The monoisotopic (exact) mass is 196 g/mol. The van der Waals surface area contributed by atoms with Crippen LogP contribution >= 0.6 is 0 Å². The second-order valence-corrected chi connectivity index (χ2v) is 1.51. The first-order chi connectivity index (χ1) is 6.64. The number of nitrogens with zero attached hydrogens (tertiary/aromatic N) is 1. The molecule has 0 aromatic heterocycles. The molecule has 76 valence electrons. The van der Waals surface area contributed by atoms with Crippen LogP contribution in [0.1, 0.15) is 0 Å². The second kappa shape index (κ2) is 22.6. The lowest BCUT2D eigenvalue weighted by molar-refractivity contribution is 0.244. The molecule has 0 atom stereocenters. The highest BCUT2D eigenvalue weighted by Crippen LogP contribution is 1.53. The number of carbonyl (C=O) groups is 1. The fraction of sp³-hybridized carbons (Fsp3) is 0.667. The Labute approximate surface area is 86.5 Å². The first-order valence-electron chi connectivity index (χ1n) is 3.66. The van der Waals surface area contributed by atoms with Crippen molar-refractivity contribution >= 4 is 27.8 Å². The van der Waals surface area contributed by atoms with Gasteiger partial charge in [0.25, 0.3) is 0 Å².